The van der Waals surface area contributed by atoms with Crippen molar-refractivity contribution in [3.8, 4) is 5.75 Å². The van der Waals surface area contributed by atoms with Gasteiger partial charge in [0.05, 0.1) is 0 Å². The lowest BCUT2D eigenvalue weighted by atomic mass is 10.1. The first kappa shape index (κ1) is 12.9. The fourth-order valence-electron chi connectivity index (χ4n) is 1.36. The highest BCUT2D eigenvalue weighted by Crippen LogP contribution is 2.30. The van der Waals surface area contributed by atoms with Gasteiger partial charge in [0.25, 0.3) is 0 Å². The van der Waals surface area contributed by atoms with Crippen LogP contribution < -0.4 is 0 Å². The highest BCUT2D eigenvalue weighted by molar-refractivity contribution is 9.09. The molecule has 0 aliphatic carbocycles. The maximum absolute atomic E-state index is 9.70. The highest BCUT2D eigenvalue weighted by Gasteiger charge is 2.06. The predicted octanol–water partition coefficient (Wildman–Crippen LogP) is 4.02. The van der Waals surface area contributed by atoms with Crippen molar-refractivity contribution >= 4 is 27.7 Å². The predicted molar refractivity (Wildman–Crippen MR) is 70.1 cm³/mol. The maximum Gasteiger partial charge on any atom is 0.127 e. The molecule has 1 nitrogen and oxygen atoms in total. The molecular formula is C12H16BrOS. The van der Waals surface area contributed by atoms with Crippen LogP contribution in [0.3, 0.4) is 0 Å². The first-order valence-electron chi connectivity index (χ1n) is 5.21. The first-order valence-corrected chi connectivity index (χ1v) is 7.31. The van der Waals surface area contributed by atoms with Crippen molar-refractivity contribution in [2.75, 3.05) is 11.1 Å². The Balaban J connectivity index is 2.71. The van der Waals surface area contributed by atoms with Gasteiger partial charge in [-0.2, -0.15) is 0 Å². The van der Waals surface area contributed by atoms with Crippen LogP contribution in [-0.2, 0) is 6.42 Å². The van der Waals surface area contributed by atoms with Gasteiger partial charge in [-0.25, -0.2) is 0 Å². The van der Waals surface area contributed by atoms with E-state index in [0.29, 0.717) is 5.75 Å². The Morgan fingerprint density at radius 3 is 3.00 bits per heavy atom. The van der Waals surface area contributed by atoms with Crippen molar-refractivity contribution < 1.29 is 5.11 Å². The van der Waals surface area contributed by atoms with Crippen LogP contribution in [0.4, 0.5) is 0 Å². The quantitative estimate of drug-likeness (QED) is 0.484. The lowest BCUT2D eigenvalue weighted by Crippen LogP contribution is -1.90. The van der Waals surface area contributed by atoms with Gasteiger partial charge in [-0.1, -0.05) is 29.3 Å². The SMILES string of the molecule is CCCc1c(O)[c]ccc1SCCCBr. The van der Waals surface area contributed by atoms with E-state index < -0.39 is 0 Å². The monoisotopic (exact) mass is 287 g/mol. The third-order valence-corrected chi connectivity index (χ3v) is 3.82. The summed E-state index contributed by atoms with van der Waals surface area (Å²) in [7, 11) is 0. The van der Waals surface area contributed by atoms with Gasteiger partial charge in [0.2, 0.25) is 0 Å². The van der Waals surface area contributed by atoms with Gasteiger partial charge >= 0.3 is 0 Å². The number of hydrogen-bond acceptors (Lipinski definition) is 2. The second-order valence-electron chi connectivity index (χ2n) is 3.31. The Bertz CT molecular complexity index is 302. The van der Waals surface area contributed by atoms with Crippen molar-refractivity contribution in [3.63, 3.8) is 0 Å². The minimum atomic E-state index is 0.320. The normalized spacial score (nSPS) is 10.5. The molecule has 0 heterocycles. The molecular weight excluding hydrogens is 272 g/mol. The zero-order valence-electron chi connectivity index (χ0n) is 8.92. The van der Waals surface area contributed by atoms with Gasteiger partial charge in [-0.15, -0.1) is 11.8 Å². The Kier molecular flexibility index (Phi) is 6.18. The zero-order valence-corrected chi connectivity index (χ0v) is 11.3. The molecule has 0 unspecified atom stereocenters. The molecule has 1 aromatic carbocycles. The van der Waals surface area contributed by atoms with Crippen LogP contribution in [0.5, 0.6) is 5.75 Å². The summed E-state index contributed by atoms with van der Waals surface area (Å²) in [5.74, 6) is 1.41. The van der Waals surface area contributed by atoms with E-state index in [-0.39, 0.29) is 0 Å². The van der Waals surface area contributed by atoms with Crippen molar-refractivity contribution in [3.05, 3.63) is 23.8 Å². The second kappa shape index (κ2) is 7.18. The average Bonchev–Trinajstić information content (AvgIpc) is 2.23. The van der Waals surface area contributed by atoms with E-state index in [0.717, 1.165) is 35.9 Å². The van der Waals surface area contributed by atoms with Gasteiger partial charge in [0.15, 0.2) is 0 Å². The maximum atomic E-state index is 9.70. The number of aromatic hydroxyl groups is 1. The molecule has 0 saturated carbocycles. The van der Waals surface area contributed by atoms with E-state index in [9.17, 15) is 5.11 Å². The van der Waals surface area contributed by atoms with E-state index in [4.69, 9.17) is 0 Å². The summed E-state index contributed by atoms with van der Waals surface area (Å²) in [5, 5.41) is 10.7. The largest absolute Gasteiger partial charge is 0.507 e. The van der Waals surface area contributed by atoms with Crippen LogP contribution in [0, 0.1) is 6.07 Å². The molecule has 0 aliphatic heterocycles. The van der Waals surface area contributed by atoms with E-state index >= 15 is 0 Å². The molecule has 0 aliphatic rings. The molecule has 0 saturated heterocycles. The summed E-state index contributed by atoms with van der Waals surface area (Å²) in [6, 6.07) is 6.69. The molecule has 1 N–H and O–H groups in total. The van der Waals surface area contributed by atoms with Crippen LogP contribution in [0.15, 0.2) is 17.0 Å². The Morgan fingerprint density at radius 1 is 1.53 bits per heavy atom. The van der Waals surface area contributed by atoms with Gasteiger partial charge < -0.3 is 5.11 Å². The van der Waals surface area contributed by atoms with Crippen LogP contribution in [0.1, 0.15) is 25.3 Å². The van der Waals surface area contributed by atoms with Crippen molar-refractivity contribution in [1.29, 1.82) is 0 Å². The third kappa shape index (κ3) is 4.07. The van der Waals surface area contributed by atoms with Gasteiger partial charge in [-0.3, -0.25) is 0 Å². The molecule has 83 valence electrons. The minimum Gasteiger partial charge on any atom is -0.507 e. The molecule has 1 radical (unpaired) electrons. The van der Waals surface area contributed by atoms with Gasteiger partial charge in [0, 0.05) is 21.9 Å². The van der Waals surface area contributed by atoms with Crippen LogP contribution >= 0.6 is 27.7 Å². The fourth-order valence-corrected chi connectivity index (χ4v) is 3.06. The topological polar surface area (TPSA) is 20.2 Å². The standard InChI is InChI=1S/C12H16BrOS/c1-2-5-10-11(14)6-3-7-12(10)15-9-4-8-13/h3,7,14H,2,4-5,8-9H2,1H3. The summed E-state index contributed by atoms with van der Waals surface area (Å²) in [4.78, 5) is 1.20. The first-order chi connectivity index (χ1) is 7.29. The smallest absolute Gasteiger partial charge is 0.127 e. The van der Waals surface area contributed by atoms with E-state index in [1.165, 1.54) is 4.90 Å². The number of phenolic OH excluding ortho intramolecular Hbond substituents is 1. The number of alkyl halides is 1. The Hall–Kier alpha value is -0.150. The molecule has 0 bridgehead atoms. The minimum absolute atomic E-state index is 0.320. The van der Waals surface area contributed by atoms with Crippen LogP contribution in [0.25, 0.3) is 0 Å². The molecule has 0 spiro atoms. The summed E-state index contributed by atoms with van der Waals surface area (Å²) in [5.41, 5.74) is 1.06. The number of benzene rings is 1. The molecule has 3 heteroatoms. The van der Waals surface area contributed by atoms with Gasteiger partial charge in [-0.05, 0) is 30.7 Å². The Morgan fingerprint density at radius 2 is 2.33 bits per heavy atom. The molecule has 15 heavy (non-hydrogen) atoms. The van der Waals surface area contributed by atoms with Gasteiger partial charge in [0.1, 0.15) is 5.75 Å². The lowest BCUT2D eigenvalue weighted by molar-refractivity contribution is 0.464. The average molecular weight is 288 g/mol. The molecule has 0 atom stereocenters. The third-order valence-electron chi connectivity index (χ3n) is 2.07. The summed E-state index contributed by atoms with van der Waals surface area (Å²) < 4.78 is 0. The Labute approximate surface area is 104 Å². The fraction of sp³-hybridized carbons (Fsp3) is 0.500. The number of thioether (sulfide) groups is 1. The summed E-state index contributed by atoms with van der Waals surface area (Å²) >= 11 is 5.23. The number of phenols is 1. The van der Waals surface area contributed by atoms with E-state index in [1.807, 2.05) is 17.8 Å². The van der Waals surface area contributed by atoms with Crippen molar-refractivity contribution in [2.45, 2.75) is 31.1 Å². The number of rotatable bonds is 6. The summed E-state index contributed by atoms with van der Waals surface area (Å²) in [6.45, 7) is 2.12. The zero-order chi connectivity index (χ0) is 11.1. The van der Waals surface area contributed by atoms with Crippen LogP contribution in [-0.4, -0.2) is 16.2 Å². The van der Waals surface area contributed by atoms with E-state index in [2.05, 4.69) is 28.9 Å². The number of halogens is 1. The second-order valence-corrected chi connectivity index (χ2v) is 5.24. The molecule has 1 aromatic rings. The lowest BCUT2D eigenvalue weighted by Gasteiger charge is -2.09. The highest BCUT2D eigenvalue weighted by atomic mass is 79.9. The molecule has 0 amide bonds. The molecule has 0 aromatic heterocycles. The molecule has 0 fully saturated rings. The number of hydrogen-bond donors (Lipinski definition) is 1. The summed E-state index contributed by atoms with van der Waals surface area (Å²) in [6.07, 6.45) is 3.13. The van der Waals surface area contributed by atoms with Crippen molar-refractivity contribution in [1.82, 2.24) is 0 Å². The van der Waals surface area contributed by atoms with Crippen LogP contribution in [0.2, 0.25) is 0 Å². The molecule has 1 rings (SSSR count). The van der Waals surface area contributed by atoms with E-state index in [1.54, 1.807) is 6.07 Å². The van der Waals surface area contributed by atoms with Crippen molar-refractivity contribution in [2.24, 2.45) is 0 Å².